The second-order valence-corrected chi connectivity index (χ2v) is 4.33. The number of nitrogens with one attached hydrogen (secondary N) is 1. The summed E-state index contributed by atoms with van der Waals surface area (Å²) in [5.74, 6) is -2.15. The van der Waals surface area contributed by atoms with Crippen LogP contribution >= 0.6 is 0 Å². The standard InChI is InChI=1S/C10H17N3O4/c11-6(5-1-2-5)3-9(15)13-7(10(16)17)4-8(12)14/h5-7H,1-4,11H2,(H2,12,14)(H,13,15)(H,16,17)/t6?,7-/m1/s1. The molecule has 0 heterocycles. The fourth-order valence-electron chi connectivity index (χ4n) is 1.56. The maximum Gasteiger partial charge on any atom is 0.326 e. The summed E-state index contributed by atoms with van der Waals surface area (Å²) >= 11 is 0. The smallest absolute Gasteiger partial charge is 0.326 e. The number of carbonyl (C=O) groups excluding carboxylic acids is 2. The topological polar surface area (TPSA) is 136 Å². The van der Waals surface area contributed by atoms with E-state index in [0.29, 0.717) is 5.92 Å². The van der Waals surface area contributed by atoms with Gasteiger partial charge in [0, 0.05) is 12.5 Å². The van der Waals surface area contributed by atoms with Crippen LogP contribution in [-0.4, -0.2) is 35.0 Å². The van der Waals surface area contributed by atoms with Crippen molar-refractivity contribution in [3.63, 3.8) is 0 Å². The second-order valence-electron chi connectivity index (χ2n) is 4.33. The van der Waals surface area contributed by atoms with Crippen molar-refractivity contribution in [1.29, 1.82) is 0 Å². The van der Waals surface area contributed by atoms with E-state index >= 15 is 0 Å². The van der Waals surface area contributed by atoms with Crippen molar-refractivity contribution in [3.8, 4) is 0 Å². The first kappa shape index (κ1) is 13.4. The molecule has 1 aliphatic rings. The summed E-state index contributed by atoms with van der Waals surface area (Å²) in [5, 5.41) is 11.0. The molecule has 1 aliphatic carbocycles. The van der Waals surface area contributed by atoms with Gasteiger partial charge in [-0.1, -0.05) is 0 Å². The zero-order chi connectivity index (χ0) is 13.0. The van der Waals surface area contributed by atoms with Crippen LogP contribution in [-0.2, 0) is 14.4 Å². The SMILES string of the molecule is NC(=O)C[C@@H](NC(=O)CC(N)C1CC1)C(=O)O. The summed E-state index contributed by atoms with van der Waals surface area (Å²) in [4.78, 5) is 32.8. The van der Waals surface area contributed by atoms with Crippen molar-refractivity contribution in [2.24, 2.45) is 17.4 Å². The lowest BCUT2D eigenvalue weighted by molar-refractivity contribution is -0.143. The molecule has 0 aliphatic heterocycles. The summed E-state index contributed by atoms with van der Waals surface area (Å²) in [6, 6.07) is -1.51. The molecular weight excluding hydrogens is 226 g/mol. The van der Waals surface area contributed by atoms with E-state index in [1.165, 1.54) is 0 Å². The maximum absolute atomic E-state index is 11.5. The van der Waals surface area contributed by atoms with Crippen LogP contribution in [0, 0.1) is 5.92 Å². The Morgan fingerprint density at radius 2 is 1.88 bits per heavy atom. The van der Waals surface area contributed by atoms with E-state index in [9.17, 15) is 14.4 Å². The van der Waals surface area contributed by atoms with Crippen LogP contribution < -0.4 is 16.8 Å². The molecule has 1 fully saturated rings. The third kappa shape index (κ3) is 4.81. The maximum atomic E-state index is 11.5. The highest BCUT2D eigenvalue weighted by Crippen LogP contribution is 2.32. The van der Waals surface area contributed by atoms with Crippen molar-refractivity contribution in [3.05, 3.63) is 0 Å². The van der Waals surface area contributed by atoms with Gasteiger partial charge in [0.2, 0.25) is 11.8 Å². The molecule has 0 radical (unpaired) electrons. The summed E-state index contributed by atoms with van der Waals surface area (Å²) in [6.07, 6.45) is 1.68. The van der Waals surface area contributed by atoms with E-state index in [-0.39, 0.29) is 12.5 Å². The van der Waals surface area contributed by atoms with Crippen molar-refractivity contribution in [2.45, 2.75) is 37.8 Å². The number of hydrogen-bond acceptors (Lipinski definition) is 4. The van der Waals surface area contributed by atoms with E-state index in [1.54, 1.807) is 0 Å². The van der Waals surface area contributed by atoms with Gasteiger partial charge in [0.25, 0.3) is 0 Å². The lowest BCUT2D eigenvalue weighted by atomic mass is 10.1. The number of aliphatic carboxylic acids is 1. The van der Waals surface area contributed by atoms with Crippen LogP contribution in [0.1, 0.15) is 25.7 Å². The Morgan fingerprint density at radius 1 is 1.29 bits per heavy atom. The highest BCUT2D eigenvalue weighted by molar-refractivity contribution is 5.88. The summed E-state index contributed by atoms with van der Waals surface area (Å²) < 4.78 is 0. The highest BCUT2D eigenvalue weighted by Gasteiger charge is 2.31. The fourth-order valence-corrected chi connectivity index (χ4v) is 1.56. The Kier molecular flexibility index (Phi) is 4.45. The van der Waals surface area contributed by atoms with Gasteiger partial charge in [0.15, 0.2) is 0 Å². The first-order valence-electron chi connectivity index (χ1n) is 5.46. The minimum Gasteiger partial charge on any atom is -0.480 e. The molecule has 2 amide bonds. The Balaban J connectivity index is 2.39. The van der Waals surface area contributed by atoms with Crippen LogP contribution in [0.15, 0.2) is 0 Å². The van der Waals surface area contributed by atoms with E-state index < -0.39 is 30.2 Å². The average molecular weight is 243 g/mol. The minimum absolute atomic E-state index is 0.0766. The molecule has 0 aromatic heterocycles. The molecule has 1 rings (SSSR count). The van der Waals surface area contributed by atoms with Gasteiger partial charge in [-0.05, 0) is 18.8 Å². The van der Waals surface area contributed by atoms with Gasteiger partial charge >= 0.3 is 5.97 Å². The Bertz CT molecular complexity index is 328. The van der Waals surface area contributed by atoms with Gasteiger partial charge < -0.3 is 21.9 Å². The van der Waals surface area contributed by atoms with Gasteiger partial charge in [-0.2, -0.15) is 0 Å². The number of primary amides is 1. The summed E-state index contributed by atoms with van der Waals surface area (Å²) in [5.41, 5.74) is 10.6. The van der Waals surface area contributed by atoms with E-state index in [0.717, 1.165) is 12.8 Å². The third-order valence-corrected chi connectivity index (χ3v) is 2.69. The molecule has 6 N–H and O–H groups in total. The molecule has 17 heavy (non-hydrogen) atoms. The fraction of sp³-hybridized carbons (Fsp3) is 0.700. The van der Waals surface area contributed by atoms with Crippen LogP contribution in [0.25, 0.3) is 0 Å². The van der Waals surface area contributed by atoms with Crippen molar-refractivity contribution in [1.82, 2.24) is 5.32 Å². The largest absolute Gasteiger partial charge is 0.480 e. The normalized spacial score (nSPS) is 18.2. The van der Waals surface area contributed by atoms with Crippen LogP contribution in [0.5, 0.6) is 0 Å². The van der Waals surface area contributed by atoms with E-state index in [1.807, 2.05) is 0 Å². The molecule has 1 saturated carbocycles. The van der Waals surface area contributed by atoms with Crippen molar-refractivity contribution in [2.75, 3.05) is 0 Å². The molecule has 7 nitrogen and oxygen atoms in total. The highest BCUT2D eigenvalue weighted by atomic mass is 16.4. The Labute approximate surface area is 98.5 Å². The number of amides is 2. The molecule has 0 aromatic rings. The van der Waals surface area contributed by atoms with Crippen molar-refractivity contribution >= 4 is 17.8 Å². The zero-order valence-corrected chi connectivity index (χ0v) is 9.39. The molecule has 2 atom stereocenters. The number of nitrogens with two attached hydrogens (primary N) is 2. The molecule has 0 spiro atoms. The number of carboxylic acids is 1. The first-order valence-corrected chi connectivity index (χ1v) is 5.46. The van der Waals surface area contributed by atoms with Crippen LogP contribution in [0.4, 0.5) is 0 Å². The molecule has 0 saturated heterocycles. The molecular formula is C10H17N3O4. The number of carbonyl (C=O) groups is 3. The first-order chi connectivity index (χ1) is 7.90. The van der Waals surface area contributed by atoms with E-state index in [2.05, 4.69) is 5.32 Å². The number of carboxylic acid groups (broad SMARTS) is 1. The van der Waals surface area contributed by atoms with Crippen LogP contribution in [0.2, 0.25) is 0 Å². The number of rotatable bonds is 7. The second kappa shape index (κ2) is 5.62. The molecule has 1 unspecified atom stereocenters. The van der Waals surface area contributed by atoms with Gasteiger partial charge in [-0.3, -0.25) is 9.59 Å². The van der Waals surface area contributed by atoms with Gasteiger partial charge in [0.1, 0.15) is 6.04 Å². The van der Waals surface area contributed by atoms with Gasteiger partial charge in [0.05, 0.1) is 6.42 Å². The summed E-state index contributed by atoms with van der Waals surface area (Å²) in [7, 11) is 0. The van der Waals surface area contributed by atoms with Gasteiger partial charge in [-0.25, -0.2) is 4.79 Å². The van der Waals surface area contributed by atoms with Gasteiger partial charge in [-0.15, -0.1) is 0 Å². The minimum atomic E-state index is -1.28. The Hall–Kier alpha value is -1.63. The predicted octanol–water partition coefficient (Wildman–Crippen LogP) is -1.44. The van der Waals surface area contributed by atoms with E-state index in [4.69, 9.17) is 16.6 Å². The molecule has 7 heteroatoms. The van der Waals surface area contributed by atoms with Crippen molar-refractivity contribution < 1.29 is 19.5 Å². The molecule has 96 valence electrons. The quantitative estimate of drug-likeness (QED) is 0.434. The predicted molar refractivity (Wildman–Crippen MR) is 58.7 cm³/mol. The van der Waals surface area contributed by atoms with Crippen LogP contribution in [0.3, 0.4) is 0 Å². The lowest BCUT2D eigenvalue weighted by Crippen LogP contribution is -2.45. The third-order valence-electron chi connectivity index (χ3n) is 2.69. The zero-order valence-electron chi connectivity index (χ0n) is 9.39. The Morgan fingerprint density at radius 3 is 2.29 bits per heavy atom. The summed E-state index contributed by atoms with van der Waals surface area (Å²) in [6.45, 7) is 0. The lowest BCUT2D eigenvalue weighted by Gasteiger charge is -2.15. The average Bonchev–Trinajstić information content (AvgIpc) is 2.98. The molecule has 0 bridgehead atoms. The number of hydrogen-bond donors (Lipinski definition) is 4. The monoisotopic (exact) mass is 243 g/mol. The molecule has 0 aromatic carbocycles.